The van der Waals surface area contributed by atoms with Gasteiger partial charge in [0.2, 0.25) is 15.9 Å². The summed E-state index contributed by atoms with van der Waals surface area (Å²) in [6.45, 7) is 6.36. The van der Waals surface area contributed by atoms with Crippen molar-refractivity contribution in [3.63, 3.8) is 0 Å². The predicted octanol–water partition coefficient (Wildman–Crippen LogP) is 1.91. The van der Waals surface area contributed by atoms with E-state index in [0.717, 1.165) is 6.42 Å². The lowest BCUT2D eigenvalue weighted by Crippen LogP contribution is -2.47. The Labute approximate surface area is 138 Å². The molecule has 2 N–H and O–H groups in total. The third-order valence-corrected chi connectivity index (χ3v) is 4.73. The second-order valence-corrected chi connectivity index (χ2v) is 7.48. The summed E-state index contributed by atoms with van der Waals surface area (Å²) < 4.78 is 32.5. The van der Waals surface area contributed by atoms with Crippen molar-refractivity contribution in [3.05, 3.63) is 24.3 Å². The Morgan fingerprint density at radius 1 is 1.22 bits per heavy atom. The summed E-state index contributed by atoms with van der Waals surface area (Å²) >= 11 is 0. The summed E-state index contributed by atoms with van der Waals surface area (Å²) in [5, 5.41) is 2.74. The Morgan fingerprint density at radius 2 is 1.83 bits per heavy atom. The van der Waals surface area contributed by atoms with Gasteiger partial charge in [-0.1, -0.05) is 20.8 Å². The molecule has 1 atom stereocenters. The van der Waals surface area contributed by atoms with Crippen molar-refractivity contribution < 1.29 is 17.9 Å². The second-order valence-electron chi connectivity index (χ2n) is 5.77. The van der Waals surface area contributed by atoms with Gasteiger partial charge in [-0.3, -0.25) is 4.79 Å². The minimum absolute atomic E-state index is 0.107. The monoisotopic (exact) mass is 342 g/mol. The van der Waals surface area contributed by atoms with Gasteiger partial charge >= 0.3 is 0 Å². The van der Waals surface area contributed by atoms with Gasteiger partial charge in [-0.2, -0.15) is 4.72 Å². The van der Waals surface area contributed by atoms with Gasteiger partial charge in [0.1, 0.15) is 11.8 Å². The average Bonchev–Trinajstić information content (AvgIpc) is 2.51. The van der Waals surface area contributed by atoms with Crippen molar-refractivity contribution in [2.45, 2.75) is 44.6 Å². The largest absolute Gasteiger partial charge is 0.497 e. The Hall–Kier alpha value is -1.60. The van der Waals surface area contributed by atoms with Gasteiger partial charge in [0.15, 0.2) is 0 Å². The quantitative estimate of drug-likeness (QED) is 0.718. The van der Waals surface area contributed by atoms with Crippen LogP contribution in [0, 0.1) is 5.92 Å². The molecule has 0 aliphatic heterocycles. The summed E-state index contributed by atoms with van der Waals surface area (Å²) in [5.74, 6) is 0.465. The fraction of sp³-hybridized carbons (Fsp3) is 0.562. The molecule has 0 aromatic heterocycles. The van der Waals surface area contributed by atoms with Crippen LogP contribution >= 0.6 is 0 Å². The average molecular weight is 342 g/mol. The van der Waals surface area contributed by atoms with Crippen LogP contribution in [-0.2, 0) is 14.8 Å². The van der Waals surface area contributed by atoms with Crippen LogP contribution in [0.2, 0.25) is 0 Å². The lowest BCUT2D eigenvalue weighted by Gasteiger charge is -2.20. The van der Waals surface area contributed by atoms with Crippen LogP contribution in [0.3, 0.4) is 0 Å². The molecule has 1 rings (SSSR count). The van der Waals surface area contributed by atoms with Crippen LogP contribution in [0.5, 0.6) is 5.75 Å². The molecule has 7 heteroatoms. The van der Waals surface area contributed by atoms with E-state index in [1.165, 1.54) is 19.2 Å². The van der Waals surface area contributed by atoms with Crippen LogP contribution in [0.4, 0.5) is 0 Å². The van der Waals surface area contributed by atoms with E-state index >= 15 is 0 Å². The predicted molar refractivity (Wildman–Crippen MR) is 89.9 cm³/mol. The summed E-state index contributed by atoms with van der Waals surface area (Å²) in [4.78, 5) is 12.3. The summed E-state index contributed by atoms with van der Waals surface area (Å²) in [7, 11) is -2.25. The molecule has 1 amide bonds. The third-order valence-electron chi connectivity index (χ3n) is 3.24. The number of carbonyl (C=O) groups is 1. The molecule has 0 unspecified atom stereocenters. The van der Waals surface area contributed by atoms with Gasteiger partial charge in [0.05, 0.1) is 12.0 Å². The van der Waals surface area contributed by atoms with Crippen molar-refractivity contribution in [2.75, 3.05) is 13.7 Å². The maximum Gasteiger partial charge on any atom is 0.241 e. The number of ether oxygens (including phenoxy) is 1. The molecule has 0 saturated carbocycles. The molecule has 130 valence electrons. The number of rotatable bonds is 9. The number of methoxy groups -OCH3 is 1. The molecule has 6 nitrogen and oxygen atoms in total. The number of hydrogen-bond acceptors (Lipinski definition) is 4. The molecule has 0 aliphatic rings. The number of amides is 1. The number of carbonyl (C=O) groups excluding carboxylic acids is 1. The van der Waals surface area contributed by atoms with Crippen LogP contribution in [0.25, 0.3) is 0 Å². The molecule has 0 aliphatic carbocycles. The van der Waals surface area contributed by atoms with Crippen LogP contribution in [0.1, 0.15) is 33.6 Å². The van der Waals surface area contributed by atoms with Crippen LogP contribution < -0.4 is 14.8 Å². The summed E-state index contributed by atoms with van der Waals surface area (Å²) in [6.07, 6.45) is 1.23. The van der Waals surface area contributed by atoms with E-state index in [9.17, 15) is 13.2 Å². The first-order valence-electron chi connectivity index (χ1n) is 7.74. The van der Waals surface area contributed by atoms with Gasteiger partial charge in [-0.15, -0.1) is 0 Å². The first-order valence-corrected chi connectivity index (χ1v) is 9.22. The Morgan fingerprint density at radius 3 is 2.30 bits per heavy atom. The number of benzene rings is 1. The Bertz CT molecular complexity index is 597. The molecule has 0 spiro atoms. The lowest BCUT2D eigenvalue weighted by atomic mass is 10.0. The van der Waals surface area contributed by atoms with Crippen molar-refractivity contribution in [3.8, 4) is 5.75 Å². The van der Waals surface area contributed by atoms with E-state index in [1.54, 1.807) is 12.1 Å². The maximum atomic E-state index is 12.5. The second kappa shape index (κ2) is 8.88. The van der Waals surface area contributed by atoms with E-state index < -0.39 is 16.1 Å². The zero-order valence-corrected chi connectivity index (χ0v) is 14.9. The summed E-state index contributed by atoms with van der Waals surface area (Å²) in [5.41, 5.74) is 0. The highest BCUT2D eigenvalue weighted by molar-refractivity contribution is 7.89. The van der Waals surface area contributed by atoms with Gasteiger partial charge in [-0.25, -0.2) is 8.42 Å². The molecule has 1 aromatic rings. The van der Waals surface area contributed by atoms with E-state index in [-0.39, 0.29) is 16.7 Å². The van der Waals surface area contributed by atoms with Gasteiger partial charge in [-0.05, 0) is 43.0 Å². The van der Waals surface area contributed by atoms with Crippen molar-refractivity contribution in [1.29, 1.82) is 0 Å². The minimum atomic E-state index is -3.77. The van der Waals surface area contributed by atoms with Gasteiger partial charge in [0.25, 0.3) is 0 Å². The smallest absolute Gasteiger partial charge is 0.241 e. The molecule has 1 aromatic carbocycles. The van der Waals surface area contributed by atoms with Crippen LogP contribution in [0.15, 0.2) is 29.2 Å². The maximum absolute atomic E-state index is 12.5. The number of sulfonamides is 1. The molecule has 0 fully saturated rings. The third kappa shape index (κ3) is 6.19. The highest BCUT2D eigenvalue weighted by Gasteiger charge is 2.26. The topological polar surface area (TPSA) is 84.5 Å². The van der Waals surface area contributed by atoms with Crippen molar-refractivity contribution in [1.82, 2.24) is 10.0 Å². The SMILES string of the molecule is CCCNC(=O)[C@H](CC(C)C)NS(=O)(=O)c1ccc(OC)cc1. The Kier molecular flexibility index (Phi) is 7.51. The molecular weight excluding hydrogens is 316 g/mol. The highest BCUT2D eigenvalue weighted by atomic mass is 32.2. The normalized spacial score (nSPS) is 12.9. The first kappa shape index (κ1) is 19.4. The standard InChI is InChI=1S/C16H26N2O4S/c1-5-10-17-16(19)15(11-12(2)3)18-23(20,21)14-8-6-13(22-4)7-9-14/h6-9,12,15,18H,5,10-11H2,1-4H3,(H,17,19)/t15-/m0/s1. The molecule has 0 heterocycles. The van der Waals surface area contributed by atoms with Crippen LogP contribution in [-0.4, -0.2) is 34.0 Å². The molecular formula is C16H26N2O4S. The van der Waals surface area contributed by atoms with Crippen molar-refractivity contribution in [2.24, 2.45) is 5.92 Å². The fourth-order valence-electron chi connectivity index (χ4n) is 2.06. The van der Waals surface area contributed by atoms with E-state index in [4.69, 9.17) is 4.74 Å². The fourth-order valence-corrected chi connectivity index (χ4v) is 3.27. The van der Waals surface area contributed by atoms with E-state index in [0.29, 0.717) is 18.7 Å². The van der Waals surface area contributed by atoms with Gasteiger partial charge in [0, 0.05) is 6.54 Å². The molecule has 0 radical (unpaired) electrons. The first-order chi connectivity index (χ1) is 10.8. The molecule has 23 heavy (non-hydrogen) atoms. The minimum Gasteiger partial charge on any atom is -0.497 e. The zero-order chi connectivity index (χ0) is 17.5. The molecule has 0 bridgehead atoms. The zero-order valence-electron chi connectivity index (χ0n) is 14.1. The van der Waals surface area contributed by atoms with Crippen molar-refractivity contribution >= 4 is 15.9 Å². The Balaban J connectivity index is 2.92. The highest BCUT2D eigenvalue weighted by Crippen LogP contribution is 2.16. The molecule has 0 saturated heterocycles. The lowest BCUT2D eigenvalue weighted by molar-refractivity contribution is -0.123. The summed E-state index contributed by atoms with van der Waals surface area (Å²) in [6, 6.07) is 5.27. The number of nitrogens with one attached hydrogen (secondary N) is 2. The number of hydrogen-bond donors (Lipinski definition) is 2. The van der Waals surface area contributed by atoms with E-state index in [1.807, 2.05) is 20.8 Å². The van der Waals surface area contributed by atoms with Gasteiger partial charge < -0.3 is 10.1 Å². The van der Waals surface area contributed by atoms with E-state index in [2.05, 4.69) is 10.0 Å².